The summed E-state index contributed by atoms with van der Waals surface area (Å²) in [6, 6.07) is 0. The highest BCUT2D eigenvalue weighted by atomic mass is 16.6. The minimum Gasteiger partial charge on any atom is -0.461 e. The van der Waals surface area contributed by atoms with Gasteiger partial charge in [0.1, 0.15) is 6.10 Å². The minimum absolute atomic E-state index is 0.0278. The fourth-order valence-corrected chi connectivity index (χ4v) is 0.971. The molecule has 1 saturated heterocycles. The Balaban J connectivity index is 2.40. The van der Waals surface area contributed by atoms with E-state index in [0.717, 1.165) is 6.42 Å². The summed E-state index contributed by atoms with van der Waals surface area (Å²) in [6.07, 6.45) is 1.09. The normalized spacial score (nSPS) is 36.0. The topological polar surface area (TPSA) is 26.3 Å². The molecule has 0 aromatic heterocycles. The highest BCUT2D eigenvalue weighted by Gasteiger charge is 2.36. The summed E-state index contributed by atoms with van der Waals surface area (Å²) in [5, 5.41) is 0. The maximum atomic E-state index is 10.4. The van der Waals surface area contributed by atoms with E-state index in [1.54, 1.807) is 0 Å². The third-order valence-corrected chi connectivity index (χ3v) is 1.61. The van der Waals surface area contributed by atoms with Crippen LogP contribution in [0, 0.1) is 5.92 Å². The van der Waals surface area contributed by atoms with Gasteiger partial charge in [0.05, 0.1) is 5.92 Å². The van der Waals surface area contributed by atoms with Crippen molar-refractivity contribution in [3.05, 3.63) is 0 Å². The predicted molar refractivity (Wildman–Crippen MR) is 29.3 cm³/mol. The minimum atomic E-state index is -0.0278. The van der Waals surface area contributed by atoms with E-state index in [-0.39, 0.29) is 18.0 Å². The maximum Gasteiger partial charge on any atom is 0.312 e. The molecule has 0 spiro atoms. The second-order valence-electron chi connectivity index (χ2n) is 2.16. The van der Waals surface area contributed by atoms with Gasteiger partial charge in [-0.15, -0.1) is 0 Å². The largest absolute Gasteiger partial charge is 0.461 e. The van der Waals surface area contributed by atoms with E-state index in [1.807, 2.05) is 13.8 Å². The Morgan fingerprint density at radius 3 is 2.50 bits per heavy atom. The van der Waals surface area contributed by atoms with Gasteiger partial charge in [0, 0.05) is 0 Å². The van der Waals surface area contributed by atoms with Gasteiger partial charge in [-0.1, -0.05) is 6.92 Å². The molecule has 0 N–H and O–H groups in total. The Hall–Kier alpha value is -0.530. The molecule has 2 nitrogen and oxygen atoms in total. The number of ether oxygens (including phenoxy) is 1. The Morgan fingerprint density at radius 2 is 2.38 bits per heavy atom. The number of rotatable bonds is 1. The van der Waals surface area contributed by atoms with Crippen LogP contribution in [-0.4, -0.2) is 12.1 Å². The molecule has 0 saturated carbocycles. The second kappa shape index (κ2) is 1.77. The van der Waals surface area contributed by atoms with Crippen LogP contribution in [0.4, 0.5) is 0 Å². The summed E-state index contributed by atoms with van der Waals surface area (Å²) < 4.78 is 4.70. The Morgan fingerprint density at radius 1 is 1.75 bits per heavy atom. The molecule has 1 fully saturated rings. The van der Waals surface area contributed by atoms with E-state index >= 15 is 0 Å². The fourth-order valence-electron chi connectivity index (χ4n) is 0.971. The van der Waals surface area contributed by atoms with Crippen LogP contribution in [-0.2, 0) is 9.53 Å². The molecule has 1 aliphatic rings. The highest BCUT2D eigenvalue weighted by molar-refractivity contribution is 5.78. The number of hydrogen-bond donors (Lipinski definition) is 0. The number of carbonyl (C=O) groups is 1. The summed E-state index contributed by atoms with van der Waals surface area (Å²) in [5.41, 5.74) is 0. The van der Waals surface area contributed by atoms with Crippen molar-refractivity contribution in [1.82, 2.24) is 0 Å². The first-order valence-corrected chi connectivity index (χ1v) is 2.96. The third-order valence-electron chi connectivity index (χ3n) is 1.61. The predicted octanol–water partition coefficient (Wildman–Crippen LogP) is 0.958. The number of hydrogen-bond acceptors (Lipinski definition) is 2. The summed E-state index contributed by atoms with van der Waals surface area (Å²) in [4.78, 5) is 10.4. The molecule has 0 amide bonds. The van der Waals surface area contributed by atoms with E-state index in [4.69, 9.17) is 4.74 Å². The third kappa shape index (κ3) is 0.602. The SMILES string of the molecule is CC[C@H]1C(=O)O[C@@H]1C. The zero-order chi connectivity index (χ0) is 6.15. The molecule has 0 bridgehead atoms. The molecule has 0 aromatic rings. The van der Waals surface area contributed by atoms with Crippen molar-refractivity contribution >= 4 is 5.97 Å². The van der Waals surface area contributed by atoms with Crippen molar-refractivity contribution in [3.63, 3.8) is 0 Å². The number of esters is 1. The Labute approximate surface area is 48.8 Å². The van der Waals surface area contributed by atoms with Gasteiger partial charge in [-0.05, 0) is 13.3 Å². The molecular formula is C6H10O2. The number of cyclic esters (lactones) is 1. The van der Waals surface area contributed by atoms with Gasteiger partial charge in [0.2, 0.25) is 0 Å². The van der Waals surface area contributed by atoms with Crippen LogP contribution in [0.3, 0.4) is 0 Å². The molecule has 46 valence electrons. The lowest BCUT2D eigenvalue weighted by Gasteiger charge is -2.31. The summed E-state index contributed by atoms with van der Waals surface area (Å²) in [7, 11) is 0. The van der Waals surface area contributed by atoms with E-state index < -0.39 is 0 Å². The Bertz CT molecular complexity index is 109. The van der Waals surface area contributed by atoms with Crippen LogP contribution in [0.1, 0.15) is 20.3 Å². The van der Waals surface area contributed by atoms with Crippen LogP contribution in [0.2, 0.25) is 0 Å². The van der Waals surface area contributed by atoms with Gasteiger partial charge in [0.25, 0.3) is 0 Å². The quantitative estimate of drug-likeness (QED) is 0.474. The average Bonchev–Trinajstić information content (AvgIpc) is 1.67. The molecule has 0 radical (unpaired) electrons. The van der Waals surface area contributed by atoms with Crippen molar-refractivity contribution in [2.24, 2.45) is 5.92 Å². The van der Waals surface area contributed by atoms with Crippen LogP contribution in [0.25, 0.3) is 0 Å². The maximum absolute atomic E-state index is 10.4. The molecule has 1 heterocycles. The summed E-state index contributed by atoms with van der Waals surface area (Å²) in [5.74, 6) is 0.162. The fraction of sp³-hybridized carbons (Fsp3) is 0.833. The molecule has 2 atom stereocenters. The highest BCUT2D eigenvalue weighted by Crippen LogP contribution is 2.23. The van der Waals surface area contributed by atoms with Crippen LogP contribution < -0.4 is 0 Å². The molecule has 1 aliphatic heterocycles. The van der Waals surface area contributed by atoms with Gasteiger partial charge in [0.15, 0.2) is 0 Å². The average molecular weight is 114 g/mol. The van der Waals surface area contributed by atoms with E-state index in [9.17, 15) is 4.79 Å². The number of carbonyl (C=O) groups excluding carboxylic acids is 1. The van der Waals surface area contributed by atoms with Crippen molar-refractivity contribution in [2.75, 3.05) is 0 Å². The smallest absolute Gasteiger partial charge is 0.312 e. The lowest BCUT2D eigenvalue weighted by molar-refractivity contribution is -0.182. The van der Waals surface area contributed by atoms with E-state index in [2.05, 4.69) is 0 Å². The molecule has 0 unspecified atom stereocenters. The van der Waals surface area contributed by atoms with Crippen LogP contribution >= 0.6 is 0 Å². The molecule has 1 rings (SSSR count). The Kier molecular flexibility index (Phi) is 1.24. The van der Waals surface area contributed by atoms with Crippen LogP contribution in [0.5, 0.6) is 0 Å². The lowest BCUT2D eigenvalue weighted by atomic mass is 9.96. The van der Waals surface area contributed by atoms with Gasteiger partial charge in [-0.3, -0.25) is 4.79 Å². The molecule has 0 aliphatic carbocycles. The first kappa shape index (κ1) is 5.60. The van der Waals surface area contributed by atoms with E-state index in [1.165, 1.54) is 0 Å². The lowest BCUT2D eigenvalue weighted by Crippen LogP contribution is -2.42. The van der Waals surface area contributed by atoms with Gasteiger partial charge >= 0.3 is 5.97 Å². The van der Waals surface area contributed by atoms with Crippen molar-refractivity contribution < 1.29 is 9.53 Å². The van der Waals surface area contributed by atoms with Crippen molar-refractivity contribution in [1.29, 1.82) is 0 Å². The molecule has 2 heteroatoms. The van der Waals surface area contributed by atoms with Crippen molar-refractivity contribution in [3.8, 4) is 0 Å². The van der Waals surface area contributed by atoms with Gasteiger partial charge in [-0.2, -0.15) is 0 Å². The zero-order valence-electron chi connectivity index (χ0n) is 5.18. The van der Waals surface area contributed by atoms with Crippen molar-refractivity contribution in [2.45, 2.75) is 26.4 Å². The standard InChI is InChI=1S/C6H10O2/c1-3-5-4(2)8-6(5)7/h4-5H,3H2,1-2H3/t4-,5-/m1/s1. The summed E-state index contributed by atoms with van der Waals surface area (Å²) in [6.45, 7) is 3.93. The van der Waals surface area contributed by atoms with Gasteiger partial charge < -0.3 is 4.74 Å². The van der Waals surface area contributed by atoms with Crippen LogP contribution in [0.15, 0.2) is 0 Å². The van der Waals surface area contributed by atoms with E-state index in [0.29, 0.717) is 0 Å². The van der Waals surface area contributed by atoms with Gasteiger partial charge in [-0.25, -0.2) is 0 Å². The molecular weight excluding hydrogens is 104 g/mol. The first-order valence-electron chi connectivity index (χ1n) is 2.96. The molecule has 8 heavy (non-hydrogen) atoms. The second-order valence-corrected chi connectivity index (χ2v) is 2.16. The molecule has 0 aromatic carbocycles. The summed E-state index contributed by atoms with van der Waals surface area (Å²) >= 11 is 0. The monoisotopic (exact) mass is 114 g/mol. The zero-order valence-corrected chi connectivity index (χ0v) is 5.18. The first-order chi connectivity index (χ1) is 3.75.